The van der Waals surface area contributed by atoms with E-state index in [1.807, 2.05) is 0 Å². The molecule has 14 heavy (non-hydrogen) atoms. The van der Waals surface area contributed by atoms with Gasteiger partial charge in [-0.1, -0.05) is 11.6 Å². The number of nitrogen functional groups attached to an aromatic ring is 1. The Balaban J connectivity index is 2.83. The Morgan fingerprint density at radius 2 is 2.43 bits per heavy atom. The molecule has 0 saturated heterocycles. The van der Waals surface area contributed by atoms with Crippen molar-refractivity contribution in [2.75, 3.05) is 19.5 Å². The number of hydrogen-bond donors (Lipinski definition) is 1. The van der Waals surface area contributed by atoms with E-state index in [1.54, 1.807) is 0 Å². The fourth-order valence-electron chi connectivity index (χ4n) is 1.00. The van der Waals surface area contributed by atoms with Gasteiger partial charge in [0, 0.05) is 19.7 Å². The summed E-state index contributed by atoms with van der Waals surface area (Å²) in [6, 6.07) is 1.52. The van der Waals surface area contributed by atoms with Crippen molar-refractivity contribution in [3.63, 3.8) is 0 Å². The smallest absolute Gasteiger partial charge is 0.168 e. The van der Waals surface area contributed by atoms with Gasteiger partial charge in [0.15, 0.2) is 5.78 Å². The van der Waals surface area contributed by atoms with Gasteiger partial charge in [0.1, 0.15) is 5.82 Å². The molecular weight excluding hydrogens is 204 g/mol. The van der Waals surface area contributed by atoms with Crippen LogP contribution in [0.25, 0.3) is 0 Å². The average molecular weight is 215 g/mol. The molecule has 0 aliphatic carbocycles. The Bertz CT molecular complexity index is 342. The number of nitrogens with two attached hydrogens (primary N) is 1. The molecule has 1 rings (SSSR count). The number of anilines is 1. The van der Waals surface area contributed by atoms with Gasteiger partial charge in [-0.05, 0) is 6.07 Å². The second-order valence-electron chi connectivity index (χ2n) is 2.75. The van der Waals surface area contributed by atoms with Crippen molar-refractivity contribution in [3.8, 4) is 0 Å². The maximum atomic E-state index is 11.5. The lowest BCUT2D eigenvalue weighted by atomic mass is 10.1. The van der Waals surface area contributed by atoms with Crippen molar-refractivity contribution in [2.24, 2.45) is 0 Å². The van der Waals surface area contributed by atoms with Crippen molar-refractivity contribution in [1.29, 1.82) is 0 Å². The molecule has 1 aromatic heterocycles. The van der Waals surface area contributed by atoms with Crippen LogP contribution in [-0.2, 0) is 4.74 Å². The van der Waals surface area contributed by atoms with Crippen LogP contribution in [-0.4, -0.2) is 24.5 Å². The molecule has 0 aromatic carbocycles. The third-order valence-electron chi connectivity index (χ3n) is 1.72. The summed E-state index contributed by atoms with van der Waals surface area (Å²) in [7, 11) is 1.53. The van der Waals surface area contributed by atoms with Crippen molar-refractivity contribution >= 4 is 23.2 Å². The van der Waals surface area contributed by atoms with Gasteiger partial charge >= 0.3 is 0 Å². The van der Waals surface area contributed by atoms with Gasteiger partial charge in [-0.3, -0.25) is 4.79 Å². The lowest BCUT2D eigenvalue weighted by molar-refractivity contribution is 0.0933. The van der Waals surface area contributed by atoms with Gasteiger partial charge in [0.2, 0.25) is 0 Å². The first-order valence-electron chi connectivity index (χ1n) is 4.08. The van der Waals surface area contributed by atoms with Crippen LogP contribution in [0.3, 0.4) is 0 Å². The van der Waals surface area contributed by atoms with Crippen molar-refractivity contribution in [1.82, 2.24) is 4.98 Å². The minimum absolute atomic E-state index is 0.112. The first-order chi connectivity index (χ1) is 6.65. The molecule has 1 aromatic rings. The molecule has 0 atom stereocenters. The first kappa shape index (κ1) is 10.9. The van der Waals surface area contributed by atoms with E-state index >= 15 is 0 Å². The number of Topliss-reactive ketones (excluding diaryl/α,β-unsaturated/α-hetero) is 1. The molecule has 0 aliphatic rings. The Hall–Kier alpha value is -1.13. The largest absolute Gasteiger partial charge is 0.384 e. The number of aromatic nitrogens is 1. The summed E-state index contributed by atoms with van der Waals surface area (Å²) in [5.41, 5.74) is 5.89. The van der Waals surface area contributed by atoms with Gasteiger partial charge in [0.25, 0.3) is 0 Å². The van der Waals surface area contributed by atoms with E-state index in [0.717, 1.165) is 0 Å². The predicted octanol–water partition coefficient (Wildman–Crippen LogP) is 1.54. The van der Waals surface area contributed by atoms with Crippen molar-refractivity contribution in [2.45, 2.75) is 6.42 Å². The van der Waals surface area contributed by atoms with E-state index in [2.05, 4.69) is 4.98 Å². The number of nitrogens with zero attached hydrogens (tertiary/aromatic N) is 1. The van der Waals surface area contributed by atoms with Crippen molar-refractivity contribution in [3.05, 3.63) is 22.8 Å². The topological polar surface area (TPSA) is 65.2 Å². The minimum Gasteiger partial charge on any atom is -0.384 e. The number of pyridine rings is 1. The number of halogens is 1. The van der Waals surface area contributed by atoms with Gasteiger partial charge in [0.05, 0.1) is 17.2 Å². The molecular formula is C9H11ClN2O2. The number of carbonyl (C=O) groups excluding carboxylic acids is 1. The van der Waals surface area contributed by atoms with E-state index < -0.39 is 0 Å². The van der Waals surface area contributed by atoms with Crippen LogP contribution in [0.5, 0.6) is 0 Å². The first-order valence-corrected chi connectivity index (χ1v) is 4.46. The highest BCUT2D eigenvalue weighted by Crippen LogP contribution is 2.16. The summed E-state index contributed by atoms with van der Waals surface area (Å²) in [5, 5.41) is 0.403. The standard InChI is InChI=1S/C9H11ClN2O2/c1-14-3-2-8(13)7-4-6(10)5-12-9(7)11/h4-5H,2-3H2,1H3,(H2,11,12). The second kappa shape index (κ2) is 4.93. The summed E-state index contributed by atoms with van der Waals surface area (Å²) in [4.78, 5) is 15.3. The van der Waals surface area contributed by atoms with Crippen LogP contribution in [0.4, 0.5) is 5.82 Å². The van der Waals surface area contributed by atoms with Crippen LogP contribution in [0, 0.1) is 0 Å². The molecule has 0 fully saturated rings. The summed E-state index contributed by atoms with van der Waals surface area (Å²) in [6.45, 7) is 0.366. The Morgan fingerprint density at radius 3 is 3.07 bits per heavy atom. The van der Waals surface area contributed by atoms with Gasteiger partial charge < -0.3 is 10.5 Å². The Morgan fingerprint density at radius 1 is 1.71 bits per heavy atom. The maximum absolute atomic E-state index is 11.5. The highest BCUT2D eigenvalue weighted by Gasteiger charge is 2.10. The number of rotatable bonds is 4. The molecule has 4 nitrogen and oxygen atoms in total. The lowest BCUT2D eigenvalue weighted by Gasteiger charge is -2.03. The summed E-state index contributed by atoms with van der Waals surface area (Å²) in [5.74, 6) is 0.0925. The zero-order valence-electron chi connectivity index (χ0n) is 7.79. The van der Waals surface area contributed by atoms with Gasteiger partial charge in [-0.15, -0.1) is 0 Å². The highest BCUT2D eigenvalue weighted by molar-refractivity contribution is 6.31. The SMILES string of the molecule is COCCC(=O)c1cc(Cl)cnc1N. The van der Waals surface area contributed by atoms with E-state index in [0.29, 0.717) is 17.2 Å². The van der Waals surface area contributed by atoms with Crippen LogP contribution >= 0.6 is 11.6 Å². The van der Waals surface area contributed by atoms with E-state index in [-0.39, 0.29) is 18.0 Å². The Kier molecular flexibility index (Phi) is 3.85. The molecule has 0 radical (unpaired) electrons. The van der Waals surface area contributed by atoms with Crippen LogP contribution in [0.15, 0.2) is 12.3 Å². The number of methoxy groups -OCH3 is 1. The van der Waals surface area contributed by atoms with Crippen molar-refractivity contribution < 1.29 is 9.53 Å². The van der Waals surface area contributed by atoms with E-state index in [1.165, 1.54) is 19.4 Å². The molecule has 0 amide bonds. The van der Waals surface area contributed by atoms with E-state index in [9.17, 15) is 4.79 Å². The van der Waals surface area contributed by atoms with Crippen LogP contribution in [0.2, 0.25) is 5.02 Å². The maximum Gasteiger partial charge on any atom is 0.168 e. The second-order valence-corrected chi connectivity index (χ2v) is 3.19. The van der Waals surface area contributed by atoms with E-state index in [4.69, 9.17) is 22.1 Å². The average Bonchev–Trinajstić information content (AvgIpc) is 2.18. The third-order valence-corrected chi connectivity index (χ3v) is 1.93. The highest BCUT2D eigenvalue weighted by atomic mass is 35.5. The van der Waals surface area contributed by atoms with Gasteiger partial charge in [-0.2, -0.15) is 0 Å². The number of carbonyl (C=O) groups is 1. The fraction of sp³-hybridized carbons (Fsp3) is 0.333. The molecule has 0 saturated carbocycles. The molecule has 5 heteroatoms. The zero-order valence-corrected chi connectivity index (χ0v) is 8.54. The predicted molar refractivity (Wildman–Crippen MR) is 54.5 cm³/mol. The van der Waals surface area contributed by atoms with Gasteiger partial charge in [-0.25, -0.2) is 4.98 Å². The van der Waals surface area contributed by atoms with Crippen LogP contribution in [0.1, 0.15) is 16.8 Å². The number of hydrogen-bond acceptors (Lipinski definition) is 4. The number of ketones is 1. The quantitative estimate of drug-likeness (QED) is 0.773. The molecule has 0 unspecified atom stereocenters. The fourth-order valence-corrected chi connectivity index (χ4v) is 1.16. The molecule has 1 heterocycles. The lowest BCUT2D eigenvalue weighted by Crippen LogP contribution is -2.07. The minimum atomic E-state index is -0.112. The monoisotopic (exact) mass is 214 g/mol. The number of ether oxygens (including phenoxy) is 1. The third kappa shape index (κ3) is 2.68. The molecule has 0 bridgehead atoms. The molecule has 0 spiro atoms. The summed E-state index contributed by atoms with van der Waals surface area (Å²) >= 11 is 5.69. The summed E-state index contributed by atoms with van der Waals surface area (Å²) < 4.78 is 4.79. The zero-order chi connectivity index (χ0) is 10.6. The molecule has 0 aliphatic heterocycles. The molecule has 76 valence electrons. The van der Waals surface area contributed by atoms with Crippen LogP contribution < -0.4 is 5.73 Å². The Labute approximate surface area is 87.0 Å². The summed E-state index contributed by atoms with van der Waals surface area (Å²) in [6.07, 6.45) is 1.69. The molecule has 2 N–H and O–H groups in total. The normalized spacial score (nSPS) is 10.1.